The van der Waals surface area contributed by atoms with Crippen LogP contribution < -0.4 is 9.77 Å². The van der Waals surface area contributed by atoms with Crippen LogP contribution in [0.15, 0.2) is 71.1 Å². The van der Waals surface area contributed by atoms with Crippen LogP contribution in [-0.4, -0.2) is 57.3 Å². The Hall–Kier alpha value is -3.67. The van der Waals surface area contributed by atoms with Crippen LogP contribution in [-0.2, 0) is 14.7 Å². The fraction of sp³-hybridized carbons (Fsp3) is 0.250. The van der Waals surface area contributed by atoms with E-state index in [1.54, 1.807) is 66.5 Å². The lowest BCUT2D eigenvalue weighted by atomic mass is 9.79. The quantitative estimate of drug-likeness (QED) is 0.354. The largest absolute Gasteiger partial charge is 0.492 e. The second kappa shape index (κ2) is 9.51. The number of benzene rings is 3. The molecule has 39 heavy (non-hydrogen) atoms. The third-order valence-corrected chi connectivity index (χ3v) is 8.49. The van der Waals surface area contributed by atoms with Gasteiger partial charge >= 0.3 is 7.12 Å². The molecule has 11 heteroatoms. The highest BCUT2D eigenvalue weighted by Crippen LogP contribution is 2.39. The third kappa shape index (κ3) is 4.71. The molecule has 6 rings (SSSR count). The van der Waals surface area contributed by atoms with Gasteiger partial charge in [0.15, 0.2) is 0 Å². The molecule has 200 valence electrons. The Morgan fingerprint density at radius 1 is 1.10 bits per heavy atom. The Labute approximate surface area is 225 Å². The van der Waals surface area contributed by atoms with Crippen molar-refractivity contribution in [3.05, 3.63) is 83.7 Å². The van der Waals surface area contributed by atoms with Crippen molar-refractivity contribution in [3.8, 4) is 11.3 Å². The van der Waals surface area contributed by atoms with Gasteiger partial charge in [-0.25, -0.2) is 12.8 Å². The molecular weight excluding hydrogens is 522 g/mol. The lowest BCUT2D eigenvalue weighted by molar-refractivity contribution is 0.0787. The maximum absolute atomic E-state index is 13.7. The van der Waals surface area contributed by atoms with Crippen LogP contribution in [0.3, 0.4) is 0 Å². The summed E-state index contributed by atoms with van der Waals surface area (Å²) in [7, 11) is -3.17. The average Bonchev–Trinajstić information content (AvgIpc) is 3.62. The number of carbonyl (C=O) groups excluding carboxylic acids is 1. The first kappa shape index (κ1) is 25.6. The number of halogens is 1. The summed E-state index contributed by atoms with van der Waals surface area (Å²) in [4.78, 5) is 15.3. The molecule has 3 aromatic carbocycles. The van der Waals surface area contributed by atoms with Gasteiger partial charge in [0, 0.05) is 30.1 Å². The molecule has 0 radical (unpaired) electrons. The van der Waals surface area contributed by atoms with Crippen LogP contribution in [0.4, 0.5) is 10.1 Å². The van der Waals surface area contributed by atoms with Crippen LogP contribution >= 0.6 is 0 Å². The Morgan fingerprint density at radius 2 is 1.82 bits per heavy atom. The van der Waals surface area contributed by atoms with Crippen molar-refractivity contribution >= 4 is 45.2 Å². The first-order valence-corrected chi connectivity index (χ1v) is 14.5. The summed E-state index contributed by atoms with van der Waals surface area (Å²) in [5, 5.41) is 10.8. The molecule has 1 aromatic heterocycles. The van der Waals surface area contributed by atoms with Gasteiger partial charge in [0.1, 0.15) is 17.2 Å². The van der Waals surface area contributed by atoms with Gasteiger partial charge in [-0.15, -0.1) is 0 Å². The minimum Gasteiger partial charge on any atom is -0.455 e. The van der Waals surface area contributed by atoms with Crippen molar-refractivity contribution in [2.45, 2.75) is 25.0 Å². The number of furan rings is 1. The van der Waals surface area contributed by atoms with Crippen molar-refractivity contribution in [1.82, 2.24) is 4.90 Å². The predicted octanol–water partition coefficient (Wildman–Crippen LogP) is 3.70. The first-order valence-electron chi connectivity index (χ1n) is 12.6. The van der Waals surface area contributed by atoms with E-state index in [2.05, 4.69) is 0 Å². The second-order valence-corrected chi connectivity index (χ2v) is 11.9. The fourth-order valence-corrected chi connectivity index (χ4v) is 6.02. The Balaban J connectivity index is 1.43. The monoisotopic (exact) mass is 548 g/mol. The number of fused-ring (bicyclic) bond motifs is 2. The molecule has 1 atom stereocenters. The zero-order valence-corrected chi connectivity index (χ0v) is 22.2. The van der Waals surface area contributed by atoms with E-state index in [0.29, 0.717) is 44.6 Å². The van der Waals surface area contributed by atoms with Gasteiger partial charge in [-0.2, -0.15) is 0 Å². The number of hydrogen-bond acceptors (Lipinski definition) is 6. The molecule has 1 fully saturated rings. The summed E-state index contributed by atoms with van der Waals surface area (Å²) >= 11 is 0. The summed E-state index contributed by atoms with van der Waals surface area (Å²) in [6.45, 7) is -0.0693. The normalized spacial score (nSPS) is 16.9. The average molecular weight is 548 g/mol. The predicted molar refractivity (Wildman–Crippen MR) is 147 cm³/mol. The molecule has 0 saturated heterocycles. The molecule has 1 aliphatic heterocycles. The SMILES string of the molecule is CN(C(=O)c1c(-c2ccc(F)cc2)oc2cc(N(CC3OB(O)c4ccccc43)S(C)(=O)=O)ccc12)C1CC1. The number of hydrogen-bond donors (Lipinski definition) is 1. The summed E-state index contributed by atoms with van der Waals surface area (Å²) in [5.74, 6) is -0.334. The molecule has 2 aliphatic rings. The molecule has 0 bridgehead atoms. The molecule has 1 saturated carbocycles. The fourth-order valence-electron chi connectivity index (χ4n) is 5.12. The lowest BCUT2D eigenvalue weighted by Crippen LogP contribution is -2.34. The van der Waals surface area contributed by atoms with Crippen molar-refractivity contribution in [1.29, 1.82) is 0 Å². The van der Waals surface area contributed by atoms with Crippen molar-refractivity contribution in [2.24, 2.45) is 0 Å². The van der Waals surface area contributed by atoms with Crippen LogP contribution in [0.1, 0.15) is 34.9 Å². The maximum atomic E-state index is 13.7. The van der Waals surface area contributed by atoms with Gasteiger partial charge in [-0.05, 0) is 60.3 Å². The van der Waals surface area contributed by atoms with E-state index in [4.69, 9.17) is 9.07 Å². The van der Waals surface area contributed by atoms with Gasteiger partial charge < -0.3 is 19.0 Å². The third-order valence-electron chi connectivity index (χ3n) is 7.33. The number of sulfonamides is 1. The standard InChI is InChI=1S/C28H26BFN2O6S/c1-31(19-11-12-19)28(33)26-22-14-13-20(15-24(22)37-27(26)17-7-9-18(30)10-8-17)32(39(2,35)36)16-25-21-5-3-4-6-23(21)29(34)38-25/h3-10,13-15,19,25,34H,11-12,16H2,1-2H3. The maximum Gasteiger partial charge on any atom is 0.492 e. The highest BCUT2D eigenvalue weighted by Gasteiger charge is 2.38. The summed E-state index contributed by atoms with van der Waals surface area (Å²) in [5.41, 5.74) is 2.84. The summed E-state index contributed by atoms with van der Waals surface area (Å²) in [6, 6.07) is 17.9. The highest BCUT2D eigenvalue weighted by molar-refractivity contribution is 7.92. The molecular formula is C28H26BFN2O6S. The van der Waals surface area contributed by atoms with Crippen LogP contribution in [0, 0.1) is 5.82 Å². The molecule has 1 amide bonds. The topological polar surface area (TPSA) is 100 Å². The minimum atomic E-state index is -3.77. The van der Waals surface area contributed by atoms with E-state index < -0.39 is 29.1 Å². The Morgan fingerprint density at radius 3 is 2.51 bits per heavy atom. The molecule has 4 aromatic rings. The van der Waals surface area contributed by atoms with E-state index in [1.807, 2.05) is 0 Å². The van der Waals surface area contributed by atoms with E-state index in [1.165, 1.54) is 16.4 Å². The molecule has 1 unspecified atom stereocenters. The van der Waals surface area contributed by atoms with Gasteiger partial charge in [0.05, 0.1) is 30.2 Å². The minimum absolute atomic E-state index is 0.0693. The van der Waals surface area contributed by atoms with E-state index >= 15 is 0 Å². The second-order valence-electron chi connectivity index (χ2n) is 10.0. The molecule has 0 spiro atoms. The van der Waals surface area contributed by atoms with Gasteiger partial charge in [0.2, 0.25) is 10.0 Å². The Bertz CT molecular complexity index is 1690. The number of anilines is 1. The van der Waals surface area contributed by atoms with E-state index in [0.717, 1.165) is 19.1 Å². The number of amides is 1. The number of rotatable bonds is 7. The van der Waals surface area contributed by atoms with Crippen molar-refractivity contribution < 1.29 is 31.7 Å². The molecule has 2 heterocycles. The van der Waals surface area contributed by atoms with Crippen molar-refractivity contribution in [3.63, 3.8) is 0 Å². The van der Waals surface area contributed by atoms with Crippen LogP contribution in [0.5, 0.6) is 0 Å². The highest BCUT2D eigenvalue weighted by atomic mass is 32.2. The molecule has 1 aliphatic carbocycles. The Kier molecular flexibility index (Phi) is 6.24. The van der Waals surface area contributed by atoms with Crippen LogP contribution in [0.2, 0.25) is 0 Å². The zero-order valence-electron chi connectivity index (χ0n) is 21.4. The summed E-state index contributed by atoms with van der Waals surface area (Å²) in [6.07, 6.45) is 2.27. The number of nitrogens with zero attached hydrogens (tertiary/aromatic N) is 2. The van der Waals surface area contributed by atoms with Gasteiger partial charge in [-0.3, -0.25) is 9.10 Å². The zero-order chi connectivity index (χ0) is 27.5. The lowest BCUT2D eigenvalue weighted by Gasteiger charge is -2.26. The van der Waals surface area contributed by atoms with E-state index in [-0.39, 0.29) is 18.5 Å². The van der Waals surface area contributed by atoms with Crippen molar-refractivity contribution in [2.75, 3.05) is 24.2 Å². The smallest absolute Gasteiger partial charge is 0.455 e. The molecule has 1 N–H and O–H groups in total. The first-order chi connectivity index (χ1) is 18.6. The molecule has 8 nitrogen and oxygen atoms in total. The van der Waals surface area contributed by atoms with Gasteiger partial charge in [-0.1, -0.05) is 24.3 Å². The summed E-state index contributed by atoms with van der Waals surface area (Å²) < 4.78 is 52.6. The van der Waals surface area contributed by atoms with E-state index in [9.17, 15) is 22.6 Å². The number of carbonyl (C=O) groups is 1. The van der Waals surface area contributed by atoms with Crippen LogP contribution in [0.25, 0.3) is 22.3 Å². The van der Waals surface area contributed by atoms with Gasteiger partial charge in [0.25, 0.3) is 5.91 Å².